The lowest BCUT2D eigenvalue weighted by Crippen LogP contribution is -2.27. The first-order valence-corrected chi connectivity index (χ1v) is 6.32. The molecule has 6 heteroatoms. The van der Waals surface area contributed by atoms with Gasteiger partial charge in [0.2, 0.25) is 0 Å². The molecule has 6 nitrogen and oxygen atoms in total. The van der Waals surface area contributed by atoms with Crippen molar-refractivity contribution >= 4 is 5.69 Å². The first kappa shape index (κ1) is 13.0. The lowest BCUT2D eigenvalue weighted by Gasteiger charge is -2.17. The molecule has 0 aromatic carbocycles. The Bertz CT molecular complexity index is 427. The van der Waals surface area contributed by atoms with Crippen LogP contribution in [0.2, 0.25) is 0 Å². The Balaban J connectivity index is 1.94. The van der Waals surface area contributed by atoms with Gasteiger partial charge in [-0.15, -0.1) is 0 Å². The molecule has 0 amide bonds. The number of anilines is 1. The van der Waals surface area contributed by atoms with E-state index in [0.717, 1.165) is 18.8 Å². The third-order valence-corrected chi connectivity index (χ3v) is 3.01. The molecule has 0 spiro atoms. The summed E-state index contributed by atoms with van der Waals surface area (Å²) >= 11 is 0. The summed E-state index contributed by atoms with van der Waals surface area (Å²) in [7, 11) is 0. The van der Waals surface area contributed by atoms with Gasteiger partial charge in [0.1, 0.15) is 0 Å². The molecule has 0 aliphatic carbocycles. The third kappa shape index (κ3) is 3.30. The second kappa shape index (κ2) is 6.51. The Kier molecular flexibility index (Phi) is 4.72. The molecule has 0 saturated carbocycles. The molecule has 1 aromatic rings. The van der Waals surface area contributed by atoms with Crippen LogP contribution in [0.4, 0.5) is 5.69 Å². The minimum absolute atomic E-state index is 0.00374. The Labute approximate surface area is 106 Å². The van der Waals surface area contributed by atoms with Gasteiger partial charge in [0.25, 0.3) is 5.56 Å². The summed E-state index contributed by atoms with van der Waals surface area (Å²) in [4.78, 5) is 14.0. The molecule has 1 fully saturated rings. The second-order valence-electron chi connectivity index (χ2n) is 4.31. The highest BCUT2D eigenvalue weighted by Gasteiger charge is 2.13. The number of rotatable bonds is 6. The van der Waals surface area contributed by atoms with E-state index in [1.165, 1.54) is 17.5 Å². The van der Waals surface area contributed by atoms with Gasteiger partial charge >= 0.3 is 0 Å². The van der Waals surface area contributed by atoms with Crippen LogP contribution in [0.15, 0.2) is 17.1 Å². The monoisotopic (exact) mass is 253 g/mol. The number of aliphatic hydroxyl groups is 1. The molecule has 0 bridgehead atoms. The topological polar surface area (TPSA) is 67.6 Å². The van der Waals surface area contributed by atoms with Gasteiger partial charge in [0.15, 0.2) is 0 Å². The van der Waals surface area contributed by atoms with Gasteiger partial charge in [-0.1, -0.05) is 0 Å². The number of nitrogens with zero attached hydrogens (tertiary/aromatic N) is 3. The standard InChI is InChI=1S/C12H19N3O3/c16-6-8-18-7-5-15-12(17)9-11(10-13-15)14-3-1-2-4-14/h9-10,16H,1-8H2. The molecule has 18 heavy (non-hydrogen) atoms. The molecule has 0 unspecified atom stereocenters. The minimum atomic E-state index is -0.105. The highest BCUT2D eigenvalue weighted by Crippen LogP contribution is 2.16. The van der Waals surface area contributed by atoms with E-state index in [1.54, 1.807) is 12.3 Å². The van der Waals surface area contributed by atoms with Gasteiger partial charge in [0.05, 0.1) is 38.2 Å². The molecule has 1 aliphatic heterocycles. The van der Waals surface area contributed by atoms with Crippen LogP contribution in [0, 0.1) is 0 Å². The zero-order chi connectivity index (χ0) is 12.8. The maximum Gasteiger partial charge on any atom is 0.268 e. The lowest BCUT2D eigenvalue weighted by molar-refractivity contribution is 0.0847. The van der Waals surface area contributed by atoms with Crippen molar-refractivity contribution in [3.8, 4) is 0 Å². The average molecular weight is 253 g/mol. The van der Waals surface area contributed by atoms with Crippen molar-refractivity contribution in [3.05, 3.63) is 22.6 Å². The molecular formula is C12H19N3O3. The Hall–Kier alpha value is -1.40. The van der Waals surface area contributed by atoms with Crippen molar-refractivity contribution in [1.82, 2.24) is 9.78 Å². The van der Waals surface area contributed by atoms with E-state index < -0.39 is 0 Å². The van der Waals surface area contributed by atoms with Gasteiger partial charge < -0.3 is 14.7 Å². The summed E-state index contributed by atoms with van der Waals surface area (Å²) in [6.45, 7) is 3.10. The van der Waals surface area contributed by atoms with E-state index in [1.807, 2.05) is 0 Å². The van der Waals surface area contributed by atoms with Crippen LogP contribution < -0.4 is 10.5 Å². The summed E-state index contributed by atoms with van der Waals surface area (Å²) in [5, 5.41) is 12.7. The zero-order valence-corrected chi connectivity index (χ0v) is 10.4. The van der Waals surface area contributed by atoms with E-state index >= 15 is 0 Å². The largest absolute Gasteiger partial charge is 0.394 e. The molecule has 1 aliphatic rings. The second-order valence-corrected chi connectivity index (χ2v) is 4.31. The van der Waals surface area contributed by atoms with Gasteiger partial charge in [-0.25, -0.2) is 4.68 Å². The van der Waals surface area contributed by atoms with Crippen LogP contribution in [0.25, 0.3) is 0 Å². The van der Waals surface area contributed by atoms with E-state index in [0.29, 0.717) is 19.8 Å². The van der Waals surface area contributed by atoms with Gasteiger partial charge in [-0.05, 0) is 12.8 Å². The van der Waals surface area contributed by atoms with Crippen molar-refractivity contribution in [3.63, 3.8) is 0 Å². The molecule has 100 valence electrons. The number of aliphatic hydroxyl groups excluding tert-OH is 1. The van der Waals surface area contributed by atoms with Crippen molar-refractivity contribution in [2.45, 2.75) is 19.4 Å². The van der Waals surface area contributed by atoms with E-state index in [2.05, 4.69) is 10.00 Å². The fourth-order valence-electron chi connectivity index (χ4n) is 2.06. The van der Waals surface area contributed by atoms with Crippen LogP contribution in [0.1, 0.15) is 12.8 Å². The zero-order valence-electron chi connectivity index (χ0n) is 10.4. The van der Waals surface area contributed by atoms with E-state index in [-0.39, 0.29) is 12.2 Å². The molecule has 2 heterocycles. The predicted molar refractivity (Wildman–Crippen MR) is 67.8 cm³/mol. The number of hydrogen-bond donors (Lipinski definition) is 1. The fourth-order valence-corrected chi connectivity index (χ4v) is 2.06. The molecule has 1 saturated heterocycles. The van der Waals surface area contributed by atoms with Crippen molar-refractivity contribution in [2.75, 3.05) is 37.8 Å². The molecular weight excluding hydrogens is 234 g/mol. The first-order chi connectivity index (χ1) is 8.81. The van der Waals surface area contributed by atoms with E-state index in [9.17, 15) is 4.79 Å². The normalized spacial score (nSPS) is 15.3. The van der Waals surface area contributed by atoms with Gasteiger partial charge in [-0.2, -0.15) is 5.10 Å². The van der Waals surface area contributed by atoms with Crippen LogP contribution in [-0.4, -0.2) is 47.8 Å². The Morgan fingerprint density at radius 1 is 1.33 bits per heavy atom. The molecule has 0 atom stereocenters. The number of aromatic nitrogens is 2. The Morgan fingerprint density at radius 3 is 2.78 bits per heavy atom. The number of ether oxygens (including phenoxy) is 1. The van der Waals surface area contributed by atoms with Gasteiger partial charge in [-0.3, -0.25) is 4.79 Å². The highest BCUT2D eigenvalue weighted by atomic mass is 16.5. The quantitative estimate of drug-likeness (QED) is 0.714. The van der Waals surface area contributed by atoms with Crippen LogP contribution in [0.5, 0.6) is 0 Å². The van der Waals surface area contributed by atoms with E-state index in [4.69, 9.17) is 9.84 Å². The smallest absolute Gasteiger partial charge is 0.268 e. The minimum Gasteiger partial charge on any atom is -0.394 e. The average Bonchev–Trinajstić information content (AvgIpc) is 2.90. The van der Waals surface area contributed by atoms with Crippen LogP contribution in [-0.2, 0) is 11.3 Å². The van der Waals surface area contributed by atoms with Crippen molar-refractivity contribution in [1.29, 1.82) is 0 Å². The predicted octanol–water partition coefficient (Wildman–Crippen LogP) is -0.148. The Morgan fingerprint density at radius 2 is 2.11 bits per heavy atom. The summed E-state index contributed by atoms with van der Waals surface area (Å²) in [6.07, 6.45) is 4.09. The SMILES string of the molecule is O=c1cc(N2CCCC2)cnn1CCOCCO. The highest BCUT2D eigenvalue weighted by molar-refractivity contribution is 5.43. The lowest BCUT2D eigenvalue weighted by atomic mass is 10.4. The van der Waals surface area contributed by atoms with Crippen molar-refractivity contribution in [2.24, 2.45) is 0 Å². The number of hydrogen-bond acceptors (Lipinski definition) is 5. The summed E-state index contributed by atoms with van der Waals surface area (Å²) in [5.41, 5.74) is 0.803. The van der Waals surface area contributed by atoms with Gasteiger partial charge in [0, 0.05) is 19.2 Å². The maximum absolute atomic E-state index is 11.8. The molecule has 2 rings (SSSR count). The van der Waals surface area contributed by atoms with Crippen molar-refractivity contribution < 1.29 is 9.84 Å². The van der Waals surface area contributed by atoms with Crippen LogP contribution >= 0.6 is 0 Å². The molecule has 0 radical (unpaired) electrons. The molecule has 1 aromatic heterocycles. The summed E-state index contributed by atoms with van der Waals surface area (Å²) in [5.74, 6) is 0. The van der Waals surface area contributed by atoms with Crippen LogP contribution in [0.3, 0.4) is 0 Å². The summed E-state index contributed by atoms with van der Waals surface area (Å²) in [6, 6.07) is 1.63. The summed E-state index contributed by atoms with van der Waals surface area (Å²) < 4.78 is 6.50. The molecule has 1 N–H and O–H groups in total. The maximum atomic E-state index is 11.8. The third-order valence-electron chi connectivity index (χ3n) is 3.01. The fraction of sp³-hybridized carbons (Fsp3) is 0.667. The first-order valence-electron chi connectivity index (χ1n) is 6.32.